The fourth-order valence-electron chi connectivity index (χ4n) is 1.23. The van der Waals surface area contributed by atoms with Crippen LogP contribution in [0.5, 0.6) is 0 Å². The van der Waals surface area contributed by atoms with Crippen molar-refractivity contribution in [1.82, 2.24) is 5.32 Å². The molecule has 0 aliphatic heterocycles. The van der Waals surface area contributed by atoms with Gasteiger partial charge in [-0.25, -0.2) is 0 Å². The first-order chi connectivity index (χ1) is 7.74. The Morgan fingerprint density at radius 1 is 1.38 bits per heavy atom. The van der Waals surface area contributed by atoms with Gasteiger partial charge in [-0.15, -0.1) is 0 Å². The molecule has 1 aromatic rings. The molecule has 0 bridgehead atoms. The second-order valence-electron chi connectivity index (χ2n) is 3.71. The SMILES string of the molecule is CCC(C)OCCNC(=O)c1ccccc1. The average molecular weight is 221 g/mol. The number of hydrogen-bond acceptors (Lipinski definition) is 2. The Morgan fingerprint density at radius 2 is 2.06 bits per heavy atom. The minimum atomic E-state index is -0.0478. The first-order valence-electron chi connectivity index (χ1n) is 5.69. The predicted molar refractivity (Wildman–Crippen MR) is 64.5 cm³/mol. The van der Waals surface area contributed by atoms with Crippen molar-refractivity contribution in [2.24, 2.45) is 0 Å². The second kappa shape index (κ2) is 7.01. The van der Waals surface area contributed by atoms with Gasteiger partial charge in [-0.1, -0.05) is 25.1 Å². The molecule has 1 atom stereocenters. The lowest BCUT2D eigenvalue weighted by Crippen LogP contribution is -2.28. The van der Waals surface area contributed by atoms with Gasteiger partial charge in [-0.2, -0.15) is 0 Å². The van der Waals surface area contributed by atoms with E-state index in [-0.39, 0.29) is 12.0 Å². The van der Waals surface area contributed by atoms with Crippen LogP contribution in [0.25, 0.3) is 0 Å². The van der Waals surface area contributed by atoms with Gasteiger partial charge in [-0.05, 0) is 25.5 Å². The van der Waals surface area contributed by atoms with E-state index in [0.29, 0.717) is 18.7 Å². The van der Waals surface area contributed by atoms with Gasteiger partial charge in [0.2, 0.25) is 0 Å². The van der Waals surface area contributed by atoms with Gasteiger partial charge in [0, 0.05) is 12.1 Å². The number of carbonyl (C=O) groups is 1. The molecule has 0 aliphatic rings. The summed E-state index contributed by atoms with van der Waals surface area (Å²) in [5.74, 6) is -0.0478. The summed E-state index contributed by atoms with van der Waals surface area (Å²) in [5.41, 5.74) is 0.686. The molecule has 0 aromatic heterocycles. The summed E-state index contributed by atoms with van der Waals surface area (Å²) >= 11 is 0. The van der Waals surface area contributed by atoms with Crippen molar-refractivity contribution in [3.63, 3.8) is 0 Å². The lowest BCUT2D eigenvalue weighted by atomic mass is 10.2. The number of rotatable bonds is 6. The monoisotopic (exact) mass is 221 g/mol. The summed E-state index contributed by atoms with van der Waals surface area (Å²) in [5, 5.41) is 2.81. The third-order valence-corrected chi connectivity index (χ3v) is 2.40. The third kappa shape index (κ3) is 4.45. The number of ether oxygens (including phenoxy) is 1. The van der Waals surface area contributed by atoms with E-state index in [2.05, 4.69) is 12.2 Å². The molecule has 1 aromatic carbocycles. The molecule has 1 unspecified atom stereocenters. The van der Waals surface area contributed by atoms with Crippen molar-refractivity contribution in [1.29, 1.82) is 0 Å². The molecule has 16 heavy (non-hydrogen) atoms. The Hall–Kier alpha value is -1.35. The van der Waals surface area contributed by atoms with Gasteiger partial charge >= 0.3 is 0 Å². The summed E-state index contributed by atoms with van der Waals surface area (Å²) in [4.78, 5) is 11.6. The Morgan fingerprint density at radius 3 is 2.69 bits per heavy atom. The Bertz CT molecular complexity index is 311. The molecule has 0 saturated heterocycles. The molecule has 3 nitrogen and oxygen atoms in total. The number of hydrogen-bond donors (Lipinski definition) is 1. The summed E-state index contributed by atoms with van der Waals surface area (Å²) in [6, 6.07) is 9.19. The number of carbonyl (C=O) groups excluding carboxylic acids is 1. The maximum atomic E-state index is 11.6. The van der Waals surface area contributed by atoms with Crippen molar-refractivity contribution in [2.75, 3.05) is 13.2 Å². The van der Waals surface area contributed by atoms with Gasteiger partial charge in [0.25, 0.3) is 5.91 Å². The molecule has 88 valence electrons. The smallest absolute Gasteiger partial charge is 0.251 e. The van der Waals surface area contributed by atoms with E-state index in [0.717, 1.165) is 6.42 Å². The van der Waals surface area contributed by atoms with Gasteiger partial charge in [0.15, 0.2) is 0 Å². The van der Waals surface area contributed by atoms with Crippen LogP contribution < -0.4 is 5.32 Å². The maximum absolute atomic E-state index is 11.6. The topological polar surface area (TPSA) is 38.3 Å². The van der Waals surface area contributed by atoms with Gasteiger partial charge in [-0.3, -0.25) is 4.79 Å². The maximum Gasteiger partial charge on any atom is 0.251 e. The van der Waals surface area contributed by atoms with Crippen LogP contribution in [0.4, 0.5) is 0 Å². The molecule has 0 saturated carbocycles. The Labute approximate surface area is 96.8 Å². The zero-order valence-corrected chi connectivity index (χ0v) is 9.90. The zero-order valence-electron chi connectivity index (χ0n) is 9.90. The molecule has 1 rings (SSSR count). The van der Waals surface area contributed by atoms with E-state index < -0.39 is 0 Å². The highest BCUT2D eigenvalue weighted by Gasteiger charge is 2.03. The standard InChI is InChI=1S/C13H19NO2/c1-3-11(2)16-10-9-14-13(15)12-7-5-4-6-8-12/h4-8,11H,3,9-10H2,1-2H3,(H,14,15). The van der Waals surface area contributed by atoms with E-state index in [9.17, 15) is 4.79 Å². The molecule has 0 spiro atoms. The third-order valence-electron chi connectivity index (χ3n) is 2.40. The summed E-state index contributed by atoms with van der Waals surface area (Å²) in [7, 11) is 0. The highest BCUT2D eigenvalue weighted by atomic mass is 16.5. The normalized spacial score (nSPS) is 12.1. The van der Waals surface area contributed by atoms with E-state index in [1.54, 1.807) is 12.1 Å². The fraction of sp³-hybridized carbons (Fsp3) is 0.462. The second-order valence-corrected chi connectivity index (χ2v) is 3.71. The Kier molecular flexibility index (Phi) is 5.57. The number of nitrogens with one attached hydrogen (secondary N) is 1. The molecule has 0 heterocycles. The Balaban J connectivity index is 2.21. The van der Waals surface area contributed by atoms with Gasteiger partial charge in [0.05, 0.1) is 12.7 Å². The van der Waals surface area contributed by atoms with Crippen molar-refractivity contribution in [3.05, 3.63) is 35.9 Å². The van der Waals surface area contributed by atoms with Crippen molar-refractivity contribution < 1.29 is 9.53 Å². The minimum Gasteiger partial charge on any atom is -0.377 e. The van der Waals surface area contributed by atoms with Crippen LogP contribution in [0.2, 0.25) is 0 Å². The van der Waals surface area contributed by atoms with Crippen LogP contribution in [-0.4, -0.2) is 25.2 Å². The summed E-state index contributed by atoms with van der Waals surface area (Å²) in [6.07, 6.45) is 1.25. The number of benzene rings is 1. The molecular weight excluding hydrogens is 202 g/mol. The van der Waals surface area contributed by atoms with Crippen LogP contribution in [0.15, 0.2) is 30.3 Å². The number of amides is 1. The van der Waals surface area contributed by atoms with E-state index in [4.69, 9.17) is 4.74 Å². The zero-order chi connectivity index (χ0) is 11.8. The van der Waals surface area contributed by atoms with Crippen molar-refractivity contribution in [3.8, 4) is 0 Å². The summed E-state index contributed by atoms with van der Waals surface area (Å²) < 4.78 is 5.46. The largest absolute Gasteiger partial charge is 0.377 e. The predicted octanol–water partition coefficient (Wildman–Crippen LogP) is 2.23. The highest BCUT2D eigenvalue weighted by molar-refractivity contribution is 5.94. The van der Waals surface area contributed by atoms with Crippen LogP contribution in [0.1, 0.15) is 30.6 Å². The molecule has 1 N–H and O–H groups in total. The van der Waals surface area contributed by atoms with Gasteiger partial charge in [0.1, 0.15) is 0 Å². The van der Waals surface area contributed by atoms with E-state index >= 15 is 0 Å². The van der Waals surface area contributed by atoms with Gasteiger partial charge < -0.3 is 10.1 Å². The van der Waals surface area contributed by atoms with Crippen LogP contribution >= 0.6 is 0 Å². The molecule has 0 aliphatic carbocycles. The van der Waals surface area contributed by atoms with Crippen molar-refractivity contribution >= 4 is 5.91 Å². The fourth-order valence-corrected chi connectivity index (χ4v) is 1.23. The average Bonchev–Trinajstić information content (AvgIpc) is 2.35. The minimum absolute atomic E-state index is 0.0478. The van der Waals surface area contributed by atoms with Crippen LogP contribution in [-0.2, 0) is 4.74 Å². The molecule has 3 heteroatoms. The summed E-state index contributed by atoms with van der Waals surface area (Å²) in [6.45, 7) is 5.22. The van der Waals surface area contributed by atoms with E-state index in [1.165, 1.54) is 0 Å². The molecule has 0 radical (unpaired) electrons. The molecular formula is C13H19NO2. The highest BCUT2D eigenvalue weighted by Crippen LogP contribution is 1.98. The van der Waals surface area contributed by atoms with E-state index in [1.807, 2.05) is 25.1 Å². The van der Waals surface area contributed by atoms with Crippen molar-refractivity contribution in [2.45, 2.75) is 26.4 Å². The quantitative estimate of drug-likeness (QED) is 0.748. The molecule has 0 fully saturated rings. The first kappa shape index (κ1) is 12.7. The first-order valence-corrected chi connectivity index (χ1v) is 5.69. The lowest BCUT2D eigenvalue weighted by Gasteiger charge is -2.10. The van der Waals surface area contributed by atoms with Crippen LogP contribution in [0.3, 0.4) is 0 Å². The lowest BCUT2D eigenvalue weighted by molar-refractivity contribution is 0.0627. The molecule has 1 amide bonds. The van der Waals surface area contributed by atoms with Crippen LogP contribution in [0, 0.1) is 0 Å².